The van der Waals surface area contributed by atoms with Crippen LogP contribution in [0.5, 0.6) is 0 Å². The summed E-state index contributed by atoms with van der Waals surface area (Å²) in [6, 6.07) is 7.54. The summed E-state index contributed by atoms with van der Waals surface area (Å²) in [6.07, 6.45) is 2.57. The lowest BCUT2D eigenvalue weighted by Gasteiger charge is -2.32. The van der Waals surface area contributed by atoms with E-state index in [1.54, 1.807) is 0 Å². The van der Waals surface area contributed by atoms with E-state index in [4.69, 9.17) is 10.5 Å². The molecule has 1 aliphatic rings. The van der Waals surface area contributed by atoms with Crippen molar-refractivity contribution in [3.8, 4) is 0 Å². The standard InChI is InChI=1S/C16H24N2O2.ClH/c1-2-20-12-14-7-9-18(10-8-14)16(19)11-13-3-5-15(17)6-4-13;/h3-6,14H,2,7-12,17H2,1H3;1H. The van der Waals surface area contributed by atoms with Crippen molar-refractivity contribution in [3.05, 3.63) is 29.8 Å². The topological polar surface area (TPSA) is 55.6 Å². The van der Waals surface area contributed by atoms with Crippen LogP contribution in [-0.4, -0.2) is 37.1 Å². The van der Waals surface area contributed by atoms with E-state index in [2.05, 4.69) is 0 Å². The van der Waals surface area contributed by atoms with Crippen LogP contribution in [0.2, 0.25) is 0 Å². The number of carbonyl (C=O) groups is 1. The zero-order chi connectivity index (χ0) is 14.4. The Hall–Kier alpha value is -1.26. The van der Waals surface area contributed by atoms with Crippen LogP contribution in [0.4, 0.5) is 5.69 Å². The summed E-state index contributed by atoms with van der Waals surface area (Å²) in [5.41, 5.74) is 7.41. The molecule has 1 saturated heterocycles. The number of rotatable bonds is 5. The van der Waals surface area contributed by atoms with Gasteiger partial charge in [-0.05, 0) is 43.4 Å². The first-order chi connectivity index (χ1) is 9.69. The van der Waals surface area contributed by atoms with Crippen LogP contribution in [-0.2, 0) is 16.0 Å². The van der Waals surface area contributed by atoms with E-state index in [0.29, 0.717) is 12.3 Å². The van der Waals surface area contributed by atoms with Crippen molar-refractivity contribution >= 4 is 24.0 Å². The SMILES string of the molecule is CCOCC1CCN(C(=O)Cc2ccc(N)cc2)CC1.Cl. The van der Waals surface area contributed by atoms with Gasteiger partial charge in [0.25, 0.3) is 0 Å². The molecular weight excluding hydrogens is 288 g/mol. The van der Waals surface area contributed by atoms with Gasteiger partial charge in [0.2, 0.25) is 5.91 Å². The molecular formula is C16H25ClN2O2. The second-order valence-electron chi connectivity index (χ2n) is 5.40. The van der Waals surface area contributed by atoms with Gasteiger partial charge in [-0.15, -0.1) is 12.4 Å². The van der Waals surface area contributed by atoms with E-state index < -0.39 is 0 Å². The van der Waals surface area contributed by atoms with E-state index in [0.717, 1.165) is 50.4 Å². The van der Waals surface area contributed by atoms with Gasteiger partial charge in [0.05, 0.1) is 6.42 Å². The van der Waals surface area contributed by atoms with Gasteiger partial charge in [-0.1, -0.05) is 12.1 Å². The first-order valence-electron chi connectivity index (χ1n) is 7.39. The Morgan fingerprint density at radius 1 is 1.29 bits per heavy atom. The van der Waals surface area contributed by atoms with E-state index in [-0.39, 0.29) is 18.3 Å². The average molecular weight is 313 g/mol. The van der Waals surface area contributed by atoms with Crippen LogP contribution in [0.25, 0.3) is 0 Å². The fourth-order valence-electron chi connectivity index (χ4n) is 2.56. The van der Waals surface area contributed by atoms with Gasteiger partial charge in [-0.2, -0.15) is 0 Å². The number of amides is 1. The number of likely N-dealkylation sites (tertiary alicyclic amines) is 1. The highest BCUT2D eigenvalue weighted by molar-refractivity contribution is 5.85. The minimum absolute atomic E-state index is 0. The van der Waals surface area contributed by atoms with Crippen LogP contribution in [0.3, 0.4) is 0 Å². The van der Waals surface area contributed by atoms with Gasteiger partial charge in [0.15, 0.2) is 0 Å². The van der Waals surface area contributed by atoms with Crippen molar-refractivity contribution in [2.45, 2.75) is 26.2 Å². The third kappa shape index (κ3) is 5.56. The number of anilines is 1. The summed E-state index contributed by atoms with van der Waals surface area (Å²) in [4.78, 5) is 14.2. The Morgan fingerprint density at radius 3 is 2.48 bits per heavy atom. The fourth-order valence-corrected chi connectivity index (χ4v) is 2.56. The minimum atomic E-state index is 0. The Kier molecular flexibility index (Phi) is 7.54. The fraction of sp³-hybridized carbons (Fsp3) is 0.562. The monoisotopic (exact) mass is 312 g/mol. The summed E-state index contributed by atoms with van der Waals surface area (Å²) in [5.74, 6) is 0.820. The maximum Gasteiger partial charge on any atom is 0.226 e. The molecule has 1 aromatic carbocycles. The lowest BCUT2D eigenvalue weighted by Crippen LogP contribution is -2.40. The smallest absolute Gasteiger partial charge is 0.226 e. The minimum Gasteiger partial charge on any atom is -0.399 e. The van der Waals surface area contributed by atoms with Gasteiger partial charge >= 0.3 is 0 Å². The van der Waals surface area contributed by atoms with E-state index in [1.165, 1.54) is 0 Å². The zero-order valence-corrected chi connectivity index (χ0v) is 13.4. The van der Waals surface area contributed by atoms with Crippen molar-refractivity contribution < 1.29 is 9.53 Å². The van der Waals surface area contributed by atoms with Gasteiger partial charge < -0.3 is 15.4 Å². The van der Waals surface area contributed by atoms with Crippen molar-refractivity contribution in [1.82, 2.24) is 4.90 Å². The maximum atomic E-state index is 12.2. The largest absolute Gasteiger partial charge is 0.399 e. The molecule has 0 unspecified atom stereocenters. The normalized spacial score (nSPS) is 15.6. The highest BCUT2D eigenvalue weighted by Gasteiger charge is 2.22. The molecule has 118 valence electrons. The van der Waals surface area contributed by atoms with Gasteiger partial charge in [0, 0.05) is 32.0 Å². The molecule has 1 fully saturated rings. The van der Waals surface area contributed by atoms with E-state index >= 15 is 0 Å². The number of ether oxygens (including phenoxy) is 1. The van der Waals surface area contributed by atoms with E-state index in [1.807, 2.05) is 36.1 Å². The van der Waals surface area contributed by atoms with Crippen molar-refractivity contribution in [1.29, 1.82) is 0 Å². The second-order valence-corrected chi connectivity index (χ2v) is 5.40. The molecule has 0 bridgehead atoms. The Morgan fingerprint density at radius 2 is 1.90 bits per heavy atom. The first kappa shape index (κ1) is 17.8. The number of nitrogens with zero attached hydrogens (tertiary/aromatic N) is 1. The quantitative estimate of drug-likeness (QED) is 0.850. The molecule has 5 heteroatoms. The van der Waals surface area contributed by atoms with Crippen LogP contribution >= 0.6 is 12.4 Å². The van der Waals surface area contributed by atoms with Gasteiger partial charge in [-0.3, -0.25) is 4.79 Å². The number of halogens is 1. The highest BCUT2D eigenvalue weighted by Crippen LogP contribution is 2.18. The van der Waals surface area contributed by atoms with Crippen molar-refractivity contribution in [3.63, 3.8) is 0 Å². The maximum absolute atomic E-state index is 12.2. The molecule has 2 rings (SSSR count). The van der Waals surface area contributed by atoms with Crippen LogP contribution in [0, 0.1) is 5.92 Å². The average Bonchev–Trinajstić information content (AvgIpc) is 2.48. The number of hydrogen-bond acceptors (Lipinski definition) is 3. The lowest BCUT2D eigenvalue weighted by atomic mass is 9.97. The number of carbonyl (C=O) groups excluding carboxylic acids is 1. The Bertz CT molecular complexity index is 428. The van der Waals surface area contributed by atoms with E-state index in [9.17, 15) is 4.79 Å². The number of benzene rings is 1. The molecule has 1 aromatic rings. The third-order valence-electron chi connectivity index (χ3n) is 3.86. The molecule has 4 nitrogen and oxygen atoms in total. The Balaban J connectivity index is 0.00000220. The predicted molar refractivity (Wildman–Crippen MR) is 87.6 cm³/mol. The molecule has 0 aliphatic carbocycles. The molecule has 0 atom stereocenters. The number of hydrogen-bond donors (Lipinski definition) is 1. The molecule has 0 radical (unpaired) electrons. The Labute approximate surface area is 133 Å². The molecule has 1 amide bonds. The molecule has 1 aliphatic heterocycles. The first-order valence-corrected chi connectivity index (χ1v) is 7.39. The number of piperidine rings is 1. The van der Waals surface area contributed by atoms with Crippen LogP contribution in [0.15, 0.2) is 24.3 Å². The molecule has 21 heavy (non-hydrogen) atoms. The molecule has 0 spiro atoms. The number of nitrogens with two attached hydrogens (primary N) is 1. The lowest BCUT2D eigenvalue weighted by molar-refractivity contribution is -0.132. The van der Waals surface area contributed by atoms with Crippen molar-refractivity contribution in [2.75, 3.05) is 32.0 Å². The summed E-state index contributed by atoms with van der Waals surface area (Å²) in [6.45, 7) is 5.33. The number of nitrogen functional groups attached to an aromatic ring is 1. The molecule has 2 N–H and O–H groups in total. The molecule has 1 heterocycles. The van der Waals surface area contributed by atoms with Gasteiger partial charge in [0.1, 0.15) is 0 Å². The predicted octanol–water partition coefficient (Wildman–Crippen LogP) is 2.51. The summed E-state index contributed by atoms with van der Waals surface area (Å²) >= 11 is 0. The molecule has 0 saturated carbocycles. The third-order valence-corrected chi connectivity index (χ3v) is 3.86. The second kappa shape index (κ2) is 8.90. The van der Waals surface area contributed by atoms with Crippen LogP contribution in [0.1, 0.15) is 25.3 Å². The highest BCUT2D eigenvalue weighted by atomic mass is 35.5. The molecule has 0 aromatic heterocycles. The van der Waals surface area contributed by atoms with Crippen molar-refractivity contribution in [2.24, 2.45) is 5.92 Å². The van der Waals surface area contributed by atoms with Crippen LogP contribution < -0.4 is 5.73 Å². The zero-order valence-electron chi connectivity index (χ0n) is 12.6. The summed E-state index contributed by atoms with van der Waals surface area (Å²) in [5, 5.41) is 0. The summed E-state index contributed by atoms with van der Waals surface area (Å²) in [7, 11) is 0. The van der Waals surface area contributed by atoms with Gasteiger partial charge in [-0.25, -0.2) is 0 Å². The summed E-state index contributed by atoms with van der Waals surface area (Å²) < 4.78 is 5.46.